The second-order valence-corrected chi connectivity index (χ2v) is 5.32. The Labute approximate surface area is 142 Å². The van der Waals surface area contributed by atoms with E-state index < -0.39 is 11.8 Å². The largest absolute Gasteiger partial charge is 0.288 e. The number of carbonyl (C=O) groups is 2. The van der Waals surface area contributed by atoms with Crippen molar-refractivity contribution in [1.29, 1.82) is 0 Å². The first-order valence-corrected chi connectivity index (χ1v) is 7.51. The van der Waals surface area contributed by atoms with Crippen molar-refractivity contribution >= 4 is 22.6 Å². The van der Waals surface area contributed by atoms with Gasteiger partial charge in [-0.1, -0.05) is 24.3 Å². The number of hydrogen-bond acceptors (Lipinski definition) is 5. The van der Waals surface area contributed by atoms with Gasteiger partial charge in [0, 0.05) is 18.6 Å². The second-order valence-electron chi connectivity index (χ2n) is 5.32. The zero-order valence-corrected chi connectivity index (χ0v) is 13.4. The molecule has 8 heteroatoms. The number of carbonyl (C=O) groups excluding carboxylic acids is 2. The number of aromatic nitrogens is 3. The van der Waals surface area contributed by atoms with E-state index in [1.807, 2.05) is 0 Å². The lowest BCUT2D eigenvalue weighted by Gasteiger charge is -2.09. The number of rotatable bonds is 3. The van der Waals surface area contributed by atoms with Gasteiger partial charge in [0.2, 0.25) is 5.91 Å². The monoisotopic (exact) mass is 337 g/mol. The molecule has 2 amide bonds. The Morgan fingerprint density at radius 2 is 1.76 bits per heavy atom. The van der Waals surface area contributed by atoms with E-state index in [-0.39, 0.29) is 17.7 Å². The molecule has 0 bridgehead atoms. The van der Waals surface area contributed by atoms with Gasteiger partial charge in [-0.15, -0.1) is 0 Å². The average Bonchev–Trinajstić information content (AvgIpc) is 2.64. The molecule has 0 radical (unpaired) electrons. The van der Waals surface area contributed by atoms with Crippen LogP contribution >= 0.6 is 0 Å². The highest BCUT2D eigenvalue weighted by atomic mass is 16.2. The number of nitrogens with zero attached hydrogens (tertiary/aromatic N) is 3. The van der Waals surface area contributed by atoms with Gasteiger partial charge in [0.15, 0.2) is 0 Å². The maximum atomic E-state index is 12.1. The van der Waals surface area contributed by atoms with Gasteiger partial charge in [0.05, 0.1) is 17.5 Å². The molecule has 25 heavy (non-hydrogen) atoms. The fourth-order valence-corrected chi connectivity index (χ4v) is 2.39. The normalized spacial score (nSPS) is 10.4. The van der Waals surface area contributed by atoms with Gasteiger partial charge in [-0.2, -0.15) is 5.10 Å². The Morgan fingerprint density at radius 3 is 2.48 bits per heavy atom. The van der Waals surface area contributed by atoms with Crippen molar-refractivity contribution in [3.63, 3.8) is 0 Å². The van der Waals surface area contributed by atoms with E-state index in [0.29, 0.717) is 16.5 Å². The smallest absolute Gasteiger partial charge is 0.273 e. The van der Waals surface area contributed by atoms with Crippen molar-refractivity contribution in [2.75, 3.05) is 0 Å². The summed E-state index contributed by atoms with van der Waals surface area (Å²) >= 11 is 0. The van der Waals surface area contributed by atoms with E-state index >= 15 is 0 Å². The first-order chi connectivity index (χ1) is 12.1. The van der Waals surface area contributed by atoms with Crippen LogP contribution in [0.1, 0.15) is 16.2 Å². The van der Waals surface area contributed by atoms with Crippen LogP contribution in [0.4, 0.5) is 0 Å². The summed E-state index contributed by atoms with van der Waals surface area (Å²) in [5, 5.41) is 5.24. The van der Waals surface area contributed by atoms with Gasteiger partial charge in [-0.25, -0.2) is 4.68 Å². The second kappa shape index (κ2) is 6.91. The van der Waals surface area contributed by atoms with Gasteiger partial charge in [-0.3, -0.25) is 30.2 Å². The van der Waals surface area contributed by atoms with E-state index in [1.165, 1.54) is 24.0 Å². The average molecular weight is 337 g/mol. The third kappa shape index (κ3) is 3.52. The molecule has 0 saturated carbocycles. The summed E-state index contributed by atoms with van der Waals surface area (Å²) < 4.78 is 1.19. The molecule has 0 spiro atoms. The minimum atomic E-state index is -0.521. The number of nitrogens with one attached hydrogen (secondary N) is 2. The van der Waals surface area contributed by atoms with Crippen molar-refractivity contribution in [3.05, 3.63) is 70.4 Å². The molecular weight excluding hydrogens is 322 g/mol. The lowest BCUT2D eigenvalue weighted by Crippen LogP contribution is -2.43. The molecule has 3 aromatic rings. The summed E-state index contributed by atoms with van der Waals surface area (Å²) in [6.45, 7) is 0. The van der Waals surface area contributed by atoms with Crippen LogP contribution < -0.4 is 16.4 Å². The van der Waals surface area contributed by atoms with Gasteiger partial charge in [-0.05, 0) is 18.2 Å². The minimum Gasteiger partial charge on any atom is -0.273 e. The third-order valence-electron chi connectivity index (χ3n) is 3.57. The lowest BCUT2D eigenvalue weighted by molar-refractivity contribution is -0.121. The molecule has 3 rings (SSSR count). The highest BCUT2D eigenvalue weighted by Gasteiger charge is 2.13. The molecule has 8 nitrogen and oxygen atoms in total. The predicted molar refractivity (Wildman–Crippen MR) is 90.5 cm³/mol. The summed E-state index contributed by atoms with van der Waals surface area (Å²) in [6, 6.07) is 11.8. The number of aryl methyl sites for hydroxylation is 1. The van der Waals surface area contributed by atoms with Crippen LogP contribution in [0, 0.1) is 0 Å². The third-order valence-corrected chi connectivity index (χ3v) is 3.57. The van der Waals surface area contributed by atoms with E-state index in [9.17, 15) is 14.4 Å². The summed E-state index contributed by atoms with van der Waals surface area (Å²) in [7, 11) is 1.53. The molecule has 0 aliphatic rings. The molecule has 0 aliphatic carbocycles. The quantitative estimate of drug-likeness (QED) is 0.670. The van der Waals surface area contributed by atoms with Crippen LogP contribution in [0.5, 0.6) is 0 Å². The Bertz CT molecular complexity index is 998. The van der Waals surface area contributed by atoms with Crippen LogP contribution in [0.15, 0.2) is 53.5 Å². The minimum absolute atomic E-state index is 0.0862. The molecule has 0 saturated heterocycles. The van der Waals surface area contributed by atoms with E-state index in [0.717, 1.165) is 0 Å². The first-order valence-electron chi connectivity index (χ1n) is 7.51. The molecule has 0 aliphatic heterocycles. The Morgan fingerprint density at radius 1 is 1.04 bits per heavy atom. The Hall–Kier alpha value is -3.55. The van der Waals surface area contributed by atoms with Crippen molar-refractivity contribution in [3.8, 4) is 0 Å². The summed E-state index contributed by atoms with van der Waals surface area (Å²) in [4.78, 5) is 39.9. The van der Waals surface area contributed by atoms with Crippen molar-refractivity contribution in [1.82, 2.24) is 25.6 Å². The van der Waals surface area contributed by atoms with Gasteiger partial charge < -0.3 is 0 Å². The summed E-state index contributed by atoms with van der Waals surface area (Å²) in [5.74, 6) is -0.979. The van der Waals surface area contributed by atoms with Crippen molar-refractivity contribution in [2.45, 2.75) is 6.42 Å². The van der Waals surface area contributed by atoms with Crippen LogP contribution in [0.25, 0.3) is 10.8 Å². The highest BCUT2D eigenvalue weighted by molar-refractivity contribution is 5.94. The molecule has 0 atom stereocenters. The fourth-order valence-electron chi connectivity index (χ4n) is 2.39. The van der Waals surface area contributed by atoms with Gasteiger partial charge in [0.25, 0.3) is 11.5 Å². The molecule has 1 aromatic carbocycles. The number of fused-ring (bicyclic) bond motifs is 1. The molecular formula is C17H15N5O3. The lowest BCUT2D eigenvalue weighted by atomic mass is 10.1. The van der Waals surface area contributed by atoms with Crippen LogP contribution in [0.2, 0.25) is 0 Å². The van der Waals surface area contributed by atoms with E-state index in [1.54, 1.807) is 36.4 Å². The van der Waals surface area contributed by atoms with Gasteiger partial charge >= 0.3 is 0 Å². The summed E-state index contributed by atoms with van der Waals surface area (Å²) in [5.41, 5.74) is 5.02. The Balaban J connectivity index is 1.74. The molecule has 2 heterocycles. The SMILES string of the molecule is Cn1nc(CC(=O)NNC(=O)c2ccccn2)c2ccccc2c1=O. The van der Waals surface area contributed by atoms with Crippen LogP contribution in [-0.4, -0.2) is 26.6 Å². The van der Waals surface area contributed by atoms with Crippen LogP contribution in [0.3, 0.4) is 0 Å². The van der Waals surface area contributed by atoms with E-state index in [4.69, 9.17) is 0 Å². The van der Waals surface area contributed by atoms with Crippen molar-refractivity contribution < 1.29 is 9.59 Å². The number of pyridine rings is 1. The Kier molecular flexibility index (Phi) is 4.51. The summed E-state index contributed by atoms with van der Waals surface area (Å²) in [6.07, 6.45) is 1.40. The maximum Gasteiger partial charge on any atom is 0.288 e. The number of amides is 2. The number of benzene rings is 1. The van der Waals surface area contributed by atoms with E-state index in [2.05, 4.69) is 20.9 Å². The highest BCUT2D eigenvalue weighted by Crippen LogP contribution is 2.13. The molecule has 0 fully saturated rings. The predicted octanol–water partition coefficient (Wildman–Crippen LogP) is 0.332. The zero-order chi connectivity index (χ0) is 17.8. The van der Waals surface area contributed by atoms with Crippen LogP contribution in [-0.2, 0) is 18.3 Å². The van der Waals surface area contributed by atoms with Gasteiger partial charge in [0.1, 0.15) is 5.69 Å². The molecule has 2 N–H and O–H groups in total. The topological polar surface area (TPSA) is 106 Å². The van der Waals surface area contributed by atoms with Crippen molar-refractivity contribution in [2.24, 2.45) is 7.05 Å². The standard InChI is InChI=1S/C17H15N5O3/c1-22-17(25)12-7-3-2-6-11(12)14(21-22)10-15(23)19-20-16(24)13-8-4-5-9-18-13/h2-9H,10H2,1H3,(H,19,23)(H,20,24). The zero-order valence-electron chi connectivity index (χ0n) is 13.4. The first kappa shape index (κ1) is 16.3. The molecule has 0 unspecified atom stereocenters. The fraction of sp³-hybridized carbons (Fsp3) is 0.118. The maximum absolute atomic E-state index is 12.1. The molecule has 126 valence electrons. The number of hydrazine groups is 1. The molecule has 2 aromatic heterocycles. The number of hydrogen-bond donors (Lipinski definition) is 2.